The maximum Gasteiger partial charge on any atom is 0.319 e. The number of rotatable bonds is 5. The Morgan fingerprint density at radius 3 is 2.38 bits per heavy atom. The van der Waals surface area contributed by atoms with E-state index in [2.05, 4.69) is 16.0 Å². The van der Waals surface area contributed by atoms with Crippen LogP contribution < -0.4 is 20.7 Å². The molecule has 2 aromatic carbocycles. The molecule has 0 aliphatic rings. The fourth-order valence-corrected chi connectivity index (χ4v) is 2.14. The zero-order valence-electron chi connectivity index (χ0n) is 14.0. The smallest absolute Gasteiger partial charge is 0.319 e. The molecule has 0 radical (unpaired) electrons. The van der Waals surface area contributed by atoms with Gasteiger partial charge in [0.1, 0.15) is 5.75 Å². The van der Waals surface area contributed by atoms with Crippen molar-refractivity contribution in [2.24, 2.45) is 0 Å². The zero-order valence-corrected chi connectivity index (χ0v) is 14.0. The van der Waals surface area contributed by atoms with E-state index >= 15 is 0 Å². The van der Waals surface area contributed by atoms with Gasteiger partial charge in [0, 0.05) is 19.2 Å². The summed E-state index contributed by atoms with van der Waals surface area (Å²) >= 11 is 0. The molecule has 0 saturated heterocycles. The Morgan fingerprint density at radius 1 is 1.04 bits per heavy atom. The van der Waals surface area contributed by atoms with E-state index in [-0.39, 0.29) is 11.9 Å². The molecule has 3 amide bonds. The Morgan fingerprint density at radius 2 is 1.75 bits per heavy atom. The average Bonchev–Trinajstić information content (AvgIpc) is 2.54. The Labute approximate surface area is 141 Å². The molecule has 0 atom stereocenters. The molecule has 0 fully saturated rings. The fraction of sp³-hybridized carbons (Fsp3) is 0.222. The Kier molecular flexibility index (Phi) is 5.78. The number of hydrogen-bond acceptors (Lipinski definition) is 3. The first kappa shape index (κ1) is 17.3. The van der Waals surface area contributed by atoms with Gasteiger partial charge in [-0.1, -0.05) is 29.8 Å². The molecular formula is C18H21N3O3. The summed E-state index contributed by atoms with van der Waals surface area (Å²) < 4.78 is 5.23. The number of carbonyl (C=O) groups excluding carboxylic acids is 2. The molecule has 24 heavy (non-hydrogen) atoms. The maximum absolute atomic E-state index is 12.1. The van der Waals surface area contributed by atoms with Crippen LogP contribution in [0.3, 0.4) is 0 Å². The summed E-state index contributed by atoms with van der Waals surface area (Å²) in [4.78, 5) is 23.2. The number of carbonyl (C=O) groups is 2. The molecule has 0 unspecified atom stereocenters. The van der Waals surface area contributed by atoms with Crippen molar-refractivity contribution in [3.63, 3.8) is 0 Å². The third-order valence-electron chi connectivity index (χ3n) is 3.34. The molecule has 0 aromatic heterocycles. The fourth-order valence-electron chi connectivity index (χ4n) is 2.14. The van der Waals surface area contributed by atoms with Crippen LogP contribution in [0.2, 0.25) is 0 Å². The first-order valence-electron chi connectivity index (χ1n) is 7.54. The quantitative estimate of drug-likeness (QED) is 0.788. The molecule has 2 rings (SSSR count). The topological polar surface area (TPSA) is 79.5 Å². The van der Waals surface area contributed by atoms with Crippen molar-refractivity contribution in [1.29, 1.82) is 0 Å². The first-order valence-corrected chi connectivity index (χ1v) is 7.54. The molecule has 2 aromatic rings. The van der Waals surface area contributed by atoms with Gasteiger partial charge in [-0.3, -0.25) is 4.79 Å². The summed E-state index contributed by atoms with van der Waals surface area (Å²) in [6.45, 7) is 3.85. The highest BCUT2D eigenvalue weighted by Crippen LogP contribution is 2.27. The highest BCUT2D eigenvalue weighted by Gasteiger charge is 2.09. The van der Waals surface area contributed by atoms with Gasteiger partial charge in [-0.05, 0) is 30.7 Å². The molecule has 0 saturated carbocycles. The first-order chi connectivity index (χ1) is 11.5. The van der Waals surface area contributed by atoms with E-state index in [4.69, 9.17) is 4.74 Å². The number of hydrogen-bond donors (Lipinski definition) is 3. The van der Waals surface area contributed by atoms with E-state index in [1.165, 1.54) is 19.6 Å². The predicted molar refractivity (Wildman–Crippen MR) is 94.3 cm³/mol. The van der Waals surface area contributed by atoms with Gasteiger partial charge in [0.05, 0.1) is 12.8 Å². The van der Waals surface area contributed by atoms with Crippen LogP contribution in [0.5, 0.6) is 5.75 Å². The third kappa shape index (κ3) is 5.01. The lowest BCUT2D eigenvalue weighted by molar-refractivity contribution is -0.114. The van der Waals surface area contributed by atoms with Crippen LogP contribution in [-0.2, 0) is 11.3 Å². The van der Waals surface area contributed by atoms with Gasteiger partial charge < -0.3 is 20.7 Å². The molecule has 0 spiro atoms. The number of aryl methyl sites for hydroxylation is 1. The number of amides is 3. The molecule has 6 nitrogen and oxygen atoms in total. The summed E-state index contributed by atoms with van der Waals surface area (Å²) in [5.74, 6) is 0.324. The molecule has 3 N–H and O–H groups in total. The minimum Gasteiger partial charge on any atom is -0.495 e. The Balaban J connectivity index is 2.01. The summed E-state index contributed by atoms with van der Waals surface area (Å²) in [5.41, 5.74) is 3.24. The van der Waals surface area contributed by atoms with E-state index in [1.54, 1.807) is 18.2 Å². The predicted octanol–water partition coefficient (Wildman–Crippen LogP) is 3.28. The van der Waals surface area contributed by atoms with Gasteiger partial charge in [-0.25, -0.2) is 4.79 Å². The zero-order chi connectivity index (χ0) is 17.5. The second-order valence-electron chi connectivity index (χ2n) is 5.39. The SMILES string of the molecule is COc1ccc(NC(C)=O)cc1NC(=O)NCc1ccc(C)cc1. The summed E-state index contributed by atoms with van der Waals surface area (Å²) in [7, 11) is 1.52. The number of urea groups is 1. The largest absolute Gasteiger partial charge is 0.495 e. The van der Waals surface area contributed by atoms with E-state index < -0.39 is 0 Å². The number of methoxy groups -OCH3 is 1. The van der Waals surface area contributed by atoms with Crippen molar-refractivity contribution in [1.82, 2.24) is 5.32 Å². The summed E-state index contributed by atoms with van der Waals surface area (Å²) in [5, 5.41) is 8.18. The van der Waals surface area contributed by atoms with Crippen LogP contribution in [0, 0.1) is 6.92 Å². The van der Waals surface area contributed by atoms with Gasteiger partial charge in [0.15, 0.2) is 0 Å². The van der Waals surface area contributed by atoms with E-state index in [1.807, 2.05) is 31.2 Å². The van der Waals surface area contributed by atoms with Crippen LogP contribution in [0.1, 0.15) is 18.1 Å². The molecular weight excluding hydrogens is 306 g/mol. The van der Waals surface area contributed by atoms with Gasteiger partial charge in [0.25, 0.3) is 0 Å². The van der Waals surface area contributed by atoms with Crippen LogP contribution in [0.25, 0.3) is 0 Å². The molecule has 6 heteroatoms. The monoisotopic (exact) mass is 327 g/mol. The van der Waals surface area contributed by atoms with Gasteiger partial charge >= 0.3 is 6.03 Å². The van der Waals surface area contributed by atoms with E-state index in [9.17, 15) is 9.59 Å². The number of benzene rings is 2. The summed E-state index contributed by atoms with van der Waals surface area (Å²) in [6, 6.07) is 12.6. The standard InChI is InChI=1S/C18H21N3O3/c1-12-4-6-14(7-5-12)11-19-18(23)21-16-10-15(20-13(2)22)8-9-17(16)24-3/h4-10H,11H2,1-3H3,(H,20,22)(H2,19,21,23). The van der Waals surface area contributed by atoms with Crippen molar-refractivity contribution >= 4 is 23.3 Å². The van der Waals surface area contributed by atoms with Crippen molar-refractivity contribution in [3.05, 3.63) is 53.6 Å². The van der Waals surface area contributed by atoms with Crippen molar-refractivity contribution in [2.45, 2.75) is 20.4 Å². The highest BCUT2D eigenvalue weighted by atomic mass is 16.5. The second kappa shape index (κ2) is 8.01. The molecule has 126 valence electrons. The van der Waals surface area contributed by atoms with Crippen LogP contribution >= 0.6 is 0 Å². The van der Waals surface area contributed by atoms with Crippen molar-refractivity contribution < 1.29 is 14.3 Å². The van der Waals surface area contributed by atoms with Gasteiger partial charge in [-0.2, -0.15) is 0 Å². The summed E-state index contributed by atoms with van der Waals surface area (Å²) in [6.07, 6.45) is 0. The van der Waals surface area contributed by atoms with Crippen molar-refractivity contribution in [2.75, 3.05) is 17.7 Å². The third-order valence-corrected chi connectivity index (χ3v) is 3.34. The number of ether oxygens (including phenoxy) is 1. The minimum absolute atomic E-state index is 0.185. The van der Waals surface area contributed by atoms with Gasteiger partial charge in [0.2, 0.25) is 5.91 Å². The second-order valence-corrected chi connectivity index (χ2v) is 5.39. The van der Waals surface area contributed by atoms with Crippen molar-refractivity contribution in [3.8, 4) is 5.75 Å². The van der Waals surface area contributed by atoms with Crippen LogP contribution in [0.15, 0.2) is 42.5 Å². The van der Waals surface area contributed by atoms with E-state index in [0.29, 0.717) is 23.7 Å². The van der Waals surface area contributed by atoms with Crippen LogP contribution in [-0.4, -0.2) is 19.0 Å². The Hall–Kier alpha value is -3.02. The minimum atomic E-state index is -0.353. The van der Waals surface area contributed by atoms with E-state index in [0.717, 1.165) is 5.56 Å². The molecule has 0 aliphatic carbocycles. The highest BCUT2D eigenvalue weighted by molar-refractivity contribution is 5.94. The lowest BCUT2D eigenvalue weighted by Gasteiger charge is -2.13. The molecule has 0 bridgehead atoms. The lowest BCUT2D eigenvalue weighted by Crippen LogP contribution is -2.28. The lowest BCUT2D eigenvalue weighted by atomic mass is 10.1. The molecule has 0 heterocycles. The van der Waals surface area contributed by atoms with Gasteiger partial charge in [-0.15, -0.1) is 0 Å². The number of anilines is 2. The Bertz CT molecular complexity index is 727. The maximum atomic E-state index is 12.1. The molecule has 0 aliphatic heterocycles. The average molecular weight is 327 g/mol. The van der Waals surface area contributed by atoms with Crippen LogP contribution in [0.4, 0.5) is 16.2 Å². The normalized spacial score (nSPS) is 9.96. The number of nitrogens with one attached hydrogen (secondary N) is 3.